The second-order valence-electron chi connectivity index (χ2n) is 7.19. The fourth-order valence-corrected chi connectivity index (χ4v) is 4.84. The highest BCUT2D eigenvalue weighted by molar-refractivity contribution is 7.91. The van der Waals surface area contributed by atoms with E-state index in [1.165, 1.54) is 55.8 Å². The first-order valence-electron chi connectivity index (χ1n) is 10.1. The van der Waals surface area contributed by atoms with Crippen LogP contribution in [0.1, 0.15) is 31.0 Å². The standard InChI is InChI=1S/C23H22N4O5S2/c1-4-34(30,31)18-7-5-16(6-8-18)21(26-14(2)28)22(29)27-20-10-17(13-33-20)19-9-15(11-24)12-25-23(19)32-3/h5-10,12-13,21H,4H2,1-3H3,(H,26,28)(H,27,29). The second kappa shape index (κ2) is 10.5. The van der Waals surface area contributed by atoms with Crippen molar-refractivity contribution >= 4 is 38.0 Å². The van der Waals surface area contributed by atoms with E-state index in [1.54, 1.807) is 24.4 Å². The lowest BCUT2D eigenvalue weighted by atomic mass is 10.1. The number of hydrogen-bond acceptors (Lipinski definition) is 8. The van der Waals surface area contributed by atoms with Gasteiger partial charge >= 0.3 is 0 Å². The number of methoxy groups -OCH3 is 1. The molecule has 34 heavy (non-hydrogen) atoms. The largest absolute Gasteiger partial charge is 0.481 e. The van der Waals surface area contributed by atoms with Gasteiger partial charge in [0.25, 0.3) is 5.91 Å². The molecule has 2 amide bonds. The number of sulfone groups is 1. The smallest absolute Gasteiger partial charge is 0.252 e. The van der Waals surface area contributed by atoms with Gasteiger partial charge in [-0.05, 0) is 35.4 Å². The number of ether oxygens (including phenoxy) is 1. The number of thiophene rings is 1. The van der Waals surface area contributed by atoms with Crippen molar-refractivity contribution in [2.45, 2.75) is 24.8 Å². The molecule has 3 aromatic rings. The Labute approximate surface area is 201 Å². The van der Waals surface area contributed by atoms with Crippen molar-refractivity contribution in [1.82, 2.24) is 10.3 Å². The molecule has 2 aromatic heterocycles. The van der Waals surface area contributed by atoms with Crippen LogP contribution in [-0.4, -0.2) is 38.1 Å². The maximum absolute atomic E-state index is 13.0. The number of aromatic nitrogens is 1. The maximum Gasteiger partial charge on any atom is 0.252 e. The molecule has 9 nitrogen and oxygen atoms in total. The van der Waals surface area contributed by atoms with E-state index in [4.69, 9.17) is 10.00 Å². The lowest BCUT2D eigenvalue weighted by molar-refractivity contribution is -0.125. The number of nitrogens with zero attached hydrogens (tertiary/aromatic N) is 2. The molecule has 1 unspecified atom stereocenters. The van der Waals surface area contributed by atoms with Crippen LogP contribution in [0.5, 0.6) is 5.88 Å². The van der Waals surface area contributed by atoms with Crippen molar-refractivity contribution in [3.05, 3.63) is 59.1 Å². The predicted molar refractivity (Wildman–Crippen MR) is 128 cm³/mol. The van der Waals surface area contributed by atoms with E-state index in [0.717, 1.165) is 0 Å². The Morgan fingerprint density at radius 1 is 1.24 bits per heavy atom. The van der Waals surface area contributed by atoms with E-state index < -0.39 is 27.7 Å². The van der Waals surface area contributed by atoms with Gasteiger partial charge in [-0.1, -0.05) is 19.1 Å². The lowest BCUT2D eigenvalue weighted by Gasteiger charge is -2.18. The minimum Gasteiger partial charge on any atom is -0.481 e. The third-order valence-corrected chi connectivity index (χ3v) is 7.49. The van der Waals surface area contributed by atoms with Gasteiger partial charge < -0.3 is 15.4 Å². The highest BCUT2D eigenvalue weighted by atomic mass is 32.2. The number of carbonyl (C=O) groups excluding carboxylic acids is 2. The van der Waals surface area contributed by atoms with Crippen LogP contribution in [0.15, 0.2) is 52.9 Å². The molecule has 3 rings (SSSR count). The van der Waals surface area contributed by atoms with Crippen LogP contribution in [0, 0.1) is 11.3 Å². The summed E-state index contributed by atoms with van der Waals surface area (Å²) in [5, 5.41) is 16.8. The first-order chi connectivity index (χ1) is 16.2. The fraction of sp³-hybridized carbons (Fsp3) is 0.217. The first kappa shape index (κ1) is 24.9. The zero-order valence-corrected chi connectivity index (χ0v) is 20.3. The SMILES string of the molecule is CCS(=O)(=O)c1ccc(C(NC(C)=O)C(=O)Nc2cc(-c3cc(C#N)cnc3OC)cs2)cc1. The monoisotopic (exact) mass is 498 g/mol. The number of anilines is 1. The molecule has 0 aliphatic carbocycles. The summed E-state index contributed by atoms with van der Waals surface area (Å²) in [6, 6.07) is 10.2. The first-order valence-corrected chi connectivity index (χ1v) is 12.7. The molecule has 0 fully saturated rings. The summed E-state index contributed by atoms with van der Waals surface area (Å²) in [6.07, 6.45) is 1.41. The summed E-state index contributed by atoms with van der Waals surface area (Å²) in [5.41, 5.74) is 2.11. The second-order valence-corrected chi connectivity index (χ2v) is 10.4. The fourth-order valence-electron chi connectivity index (χ4n) is 3.16. The summed E-state index contributed by atoms with van der Waals surface area (Å²) in [7, 11) is -1.91. The third kappa shape index (κ3) is 5.59. The van der Waals surface area contributed by atoms with Crippen molar-refractivity contribution in [3.8, 4) is 23.1 Å². The Balaban J connectivity index is 1.86. The molecule has 0 aliphatic heterocycles. The van der Waals surface area contributed by atoms with E-state index >= 15 is 0 Å². The number of rotatable bonds is 8. The summed E-state index contributed by atoms with van der Waals surface area (Å²) in [6.45, 7) is 2.84. The summed E-state index contributed by atoms with van der Waals surface area (Å²) in [5.74, 6) is -0.611. The zero-order valence-electron chi connectivity index (χ0n) is 18.7. The van der Waals surface area contributed by atoms with Crippen molar-refractivity contribution < 1.29 is 22.7 Å². The predicted octanol–water partition coefficient (Wildman–Crippen LogP) is 3.30. The molecule has 0 aliphatic rings. The molecule has 1 aromatic carbocycles. The van der Waals surface area contributed by atoms with Crippen molar-refractivity contribution in [2.75, 3.05) is 18.2 Å². The van der Waals surface area contributed by atoms with Crippen LogP contribution in [0.2, 0.25) is 0 Å². The van der Waals surface area contributed by atoms with Crippen LogP contribution in [0.25, 0.3) is 11.1 Å². The van der Waals surface area contributed by atoms with E-state index in [0.29, 0.717) is 33.1 Å². The Morgan fingerprint density at radius 3 is 2.53 bits per heavy atom. The highest BCUT2D eigenvalue weighted by Crippen LogP contribution is 2.34. The van der Waals surface area contributed by atoms with Gasteiger partial charge in [0.1, 0.15) is 12.1 Å². The Morgan fingerprint density at radius 2 is 1.94 bits per heavy atom. The van der Waals surface area contributed by atoms with Gasteiger partial charge in [0.05, 0.1) is 28.3 Å². The molecule has 1 atom stereocenters. The van der Waals surface area contributed by atoms with Crippen LogP contribution in [-0.2, 0) is 19.4 Å². The van der Waals surface area contributed by atoms with E-state index in [9.17, 15) is 18.0 Å². The minimum atomic E-state index is -3.39. The molecule has 0 radical (unpaired) electrons. The van der Waals surface area contributed by atoms with Crippen LogP contribution in [0.4, 0.5) is 5.00 Å². The van der Waals surface area contributed by atoms with Gasteiger partial charge in [-0.25, -0.2) is 13.4 Å². The Kier molecular flexibility index (Phi) is 7.65. The average molecular weight is 499 g/mol. The lowest BCUT2D eigenvalue weighted by Crippen LogP contribution is -2.35. The Hall–Kier alpha value is -3.75. The number of carbonyl (C=O) groups is 2. The molecule has 2 N–H and O–H groups in total. The summed E-state index contributed by atoms with van der Waals surface area (Å²) >= 11 is 1.26. The van der Waals surface area contributed by atoms with Crippen molar-refractivity contribution in [3.63, 3.8) is 0 Å². The van der Waals surface area contributed by atoms with Gasteiger partial charge in [0.15, 0.2) is 9.84 Å². The van der Waals surface area contributed by atoms with E-state index in [-0.39, 0.29) is 10.6 Å². The topological polar surface area (TPSA) is 138 Å². The molecular formula is C23H22N4O5S2. The molecule has 0 saturated carbocycles. The molecule has 0 saturated heterocycles. The number of hydrogen-bond donors (Lipinski definition) is 2. The van der Waals surface area contributed by atoms with Gasteiger partial charge in [-0.15, -0.1) is 11.3 Å². The number of amides is 2. The zero-order chi connectivity index (χ0) is 24.9. The van der Waals surface area contributed by atoms with Gasteiger partial charge in [-0.3, -0.25) is 9.59 Å². The summed E-state index contributed by atoms with van der Waals surface area (Å²) < 4.78 is 29.4. The van der Waals surface area contributed by atoms with E-state index in [1.807, 2.05) is 6.07 Å². The molecule has 176 valence electrons. The normalized spacial score (nSPS) is 11.8. The van der Waals surface area contributed by atoms with Crippen molar-refractivity contribution in [2.24, 2.45) is 0 Å². The number of nitrogens with one attached hydrogen (secondary N) is 2. The maximum atomic E-state index is 13.0. The van der Waals surface area contributed by atoms with Gasteiger partial charge in [0, 0.05) is 24.1 Å². The van der Waals surface area contributed by atoms with Crippen LogP contribution < -0.4 is 15.4 Å². The average Bonchev–Trinajstić information content (AvgIpc) is 3.30. The number of pyridine rings is 1. The molecular weight excluding hydrogens is 476 g/mol. The quantitative estimate of drug-likeness (QED) is 0.486. The number of benzene rings is 1. The van der Waals surface area contributed by atoms with Gasteiger partial charge in [0.2, 0.25) is 11.8 Å². The third-order valence-electron chi connectivity index (χ3n) is 4.89. The van der Waals surface area contributed by atoms with Crippen molar-refractivity contribution in [1.29, 1.82) is 5.26 Å². The molecule has 0 bridgehead atoms. The summed E-state index contributed by atoms with van der Waals surface area (Å²) in [4.78, 5) is 29.1. The van der Waals surface area contributed by atoms with Crippen LogP contribution in [0.3, 0.4) is 0 Å². The minimum absolute atomic E-state index is 0.0414. The van der Waals surface area contributed by atoms with E-state index in [2.05, 4.69) is 15.6 Å². The van der Waals surface area contributed by atoms with Crippen LogP contribution >= 0.6 is 11.3 Å². The van der Waals surface area contributed by atoms with Gasteiger partial charge in [-0.2, -0.15) is 5.26 Å². The molecule has 0 spiro atoms. The Bertz CT molecular complexity index is 1360. The number of nitriles is 1. The molecule has 2 heterocycles. The highest BCUT2D eigenvalue weighted by Gasteiger charge is 2.23. The molecule has 11 heteroatoms.